The summed E-state index contributed by atoms with van der Waals surface area (Å²) in [5.41, 5.74) is 1.75. The third-order valence-corrected chi connectivity index (χ3v) is 3.28. The van der Waals surface area contributed by atoms with Crippen molar-refractivity contribution in [1.29, 1.82) is 0 Å². The summed E-state index contributed by atoms with van der Waals surface area (Å²) < 4.78 is 5.41. The van der Waals surface area contributed by atoms with Crippen molar-refractivity contribution < 1.29 is 4.74 Å². The van der Waals surface area contributed by atoms with Gasteiger partial charge in [0.25, 0.3) is 0 Å². The van der Waals surface area contributed by atoms with E-state index in [0.717, 1.165) is 25.7 Å². The zero-order valence-electron chi connectivity index (χ0n) is 12.2. The molecule has 1 rings (SSSR count). The Labute approximate surface area is 107 Å². The number of rotatable bonds is 4. The Kier molecular flexibility index (Phi) is 5.68. The Balaban J connectivity index is 2.54. The molecule has 0 saturated carbocycles. The molecule has 1 aliphatic rings. The minimum absolute atomic E-state index is 0.198. The molecule has 2 heteroatoms. The van der Waals surface area contributed by atoms with Gasteiger partial charge in [0.05, 0.1) is 0 Å². The molecule has 0 amide bonds. The lowest BCUT2D eigenvalue weighted by Gasteiger charge is -2.25. The first-order valence-electron chi connectivity index (χ1n) is 6.92. The first-order valence-corrected chi connectivity index (χ1v) is 6.92. The molecule has 0 aliphatic carbocycles. The summed E-state index contributed by atoms with van der Waals surface area (Å²) in [6.45, 7) is 14.1. The molecule has 2 nitrogen and oxygen atoms in total. The molecule has 0 radical (unpaired) electrons. The van der Waals surface area contributed by atoms with E-state index in [0.29, 0.717) is 5.92 Å². The van der Waals surface area contributed by atoms with Gasteiger partial charge in [-0.1, -0.05) is 25.5 Å². The fourth-order valence-corrected chi connectivity index (χ4v) is 2.01. The van der Waals surface area contributed by atoms with Gasteiger partial charge in [0.1, 0.15) is 0 Å². The summed E-state index contributed by atoms with van der Waals surface area (Å²) in [4.78, 5) is 0. The van der Waals surface area contributed by atoms with Crippen molar-refractivity contribution in [1.82, 2.24) is 5.32 Å². The minimum Gasteiger partial charge on any atom is -0.381 e. The average molecular weight is 239 g/mol. The number of ether oxygens (including phenoxy) is 1. The molecule has 0 aromatic rings. The van der Waals surface area contributed by atoms with Crippen LogP contribution in [0.3, 0.4) is 0 Å². The van der Waals surface area contributed by atoms with Crippen LogP contribution in [0.25, 0.3) is 0 Å². The second-order valence-corrected chi connectivity index (χ2v) is 6.45. The van der Waals surface area contributed by atoms with Crippen LogP contribution >= 0.6 is 0 Å². The monoisotopic (exact) mass is 239 g/mol. The highest BCUT2D eigenvalue weighted by molar-refractivity contribution is 5.10. The zero-order valence-corrected chi connectivity index (χ0v) is 12.2. The Bertz CT molecular complexity index is 244. The summed E-state index contributed by atoms with van der Waals surface area (Å²) in [6, 6.07) is 0. The normalized spacial score (nSPS) is 20.0. The van der Waals surface area contributed by atoms with Crippen LogP contribution in [0.5, 0.6) is 0 Å². The molecule has 0 unspecified atom stereocenters. The van der Waals surface area contributed by atoms with Crippen LogP contribution in [-0.4, -0.2) is 25.3 Å². The Morgan fingerprint density at radius 1 is 1.29 bits per heavy atom. The van der Waals surface area contributed by atoms with Gasteiger partial charge in [-0.2, -0.15) is 0 Å². The highest BCUT2D eigenvalue weighted by atomic mass is 16.5. The summed E-state index contributed by atoms with van der Waals surface area (Å²) in [7, 11) is 0. The van der Waals surface area contributed by atoms with Gasteiger partial charge in [-0.3, -0.25) is 0 Å². The molecule has 17 heavy (non-hydrogen) atoms. The second kappa shape index (κ2) is 6.55. The standard InChI is InChI=1S/C15H29NO/c1-12(2)14(11-16-15(3,4)5)10-13-6-8-17-9-7-13/h10,12-13,16H,6-9,11H2,1-5H3. The van der Waals surface area contributed by atoms with Gasteiger partial charge in [-0.15, -0.1) is 0 Å². The third kappa shape index (κ3) is 6.23. The van der Waals surface area contributed by atoms with Crippen LogP contribution < -0.4 is 5.32 Å². The maximum Gasteiger partial charge on any atom is 0.0471 e. The van der Waals surface area contributed by atoms with Crippen LogP contribution in [0.15, 0.2) is 11.6 Å². The fourth-order valence-electron chi connectivity index (χ4n) is 2.01. The molecule has 100 valence electrons. The molecular weight excluding hydrogens is 210 g/mol. The SMILES string of the molecule is CC(C)C(=CC1CCOCC1)CNC(C)(C)C. The largest absolute Gasteiger partial charge is 0.381 e. The van der Waals surface area contributed by atoms with E-state index in [9.17, 15) is 0 Å². The molecule has 0 atom stereocenters. The predicted molar refractivity (Wildman–Crippen MR) is 74.2 cm³/mol. The number of allylic oxidation sites excluding steroid dienone is 1. The lowest BCUT2D eigenvalue weighted by molar-refractivity contribution is 0.0782. The predicted octanol–water partition coefficient (Wildman–Crippen LogP) is 3.38. The van der Waals surface area contributed by atoms with Crippen LogP contribution in [0.1, 0.15) is 47.5 Å². The van der Waals surface area contributed by atoms with E-state index >= 15 is 0 Å². The maximum atomic E-state index is 5.41. The Morgan fingerprint density at radius 2 is 1.88 bits per heavy atom. The molecule has 0 aromatic carbocycles. The van der Waals surface area contributed by atoms with Crippen molar-refractivity contribution in [3.05, 3.63) is 11.6 Å². The first kappa shape index (κ1) is 14.7. The highest BCUT2D eigenvalue weighted by Gasteiger charge is 2.15. The molecule has 1 fully saturated rings. The topological polar surface area (TPSA) is 21.3 Å². The van der Waals surface area contributed by atoms with Crippen LogP contribution in [0.4, 0.5) is 0 Å². The fraction of sp³-hybridized carbons (Fsp3) is 0.867. The number of hydrogen-bond donors (Lipinski definition) is 1. The molecule has 1 aliphatic heterocycles. The van der Waals surface area contributed by atoms with E-state index < -0.39 is 0 Å². The molecule has 0 spiro atoms. The summed E-state index contributed by atoms with van der Waals surface area (Å²) in [6.07, 6.45) is 4.86. The lowest BCUT2D eigenvalue weighted by Crippen LogP contribution is -2.37. The van der Waals surface area contributed by atoms with Crippen molar-refractivity contribution in [2.45, 2.75) is 53.0 Å². The first-order chi connectivity index (χ1) is 7.88. The van der Waals surface area contributed by atoms with Gasteiger partial charge in [0.15, 0.2) is 0 Å². The Morgan fingerprint density at radius 3 is 2.35 bits per heavy atom. The van der Waals surface area contributed by atoms with Crippen LogP contribution in [0.2, 0.25) is 0 Å². The highest BCUT2D eigenvalue weighted by Crippen LogP contribution is 2.21. The molecule has 1 saturated heterocycles. The van der Waals surface area contributed by atoms with Gasteiger partial charge < -0.3 is 10.1 Å². The van der Waals surface area contributed by atoms with E-state index in [1.807, 2.05) is 0 Å². The quantitative estimate of drug-likeness (QED) is 0.759. The van der Waals surface area contributed by atoms with Crippen molar-refractivity contribution >= 4 is 0 Å². The minimum atomic E-state index is 0.198. The molecule has 0 bridgehead atoms. The van der Waals surface area contributed by atoms with Crippen molar-refractivity contribution in [3.63, 3.8) is 0 Å². The van der Waals surface area contributed by atoms with Crippen molar-refractivity contribution in [2.24, 2.45) is 11.8 Å². The van der Waals surface area contributed by atoms with Gasteiger partial charge in [-0.05, 0) is 45.4 Å². The van der Waals surface area contributed by atoms with Crippen molar-refractivity contribution in [3.8, 4) is 0 Å². The van der Waals surface area contributed by atoms with Gasteiger partial charge in [0, 0.05) is 25.3 Å². The second-order valence-electron chi connectivity index (χ2n) is 6.45. The third-order valence-electron chi connectivity index (χ3n) is 3.28. The van der Waals surface area contributed by atoms with E-state index in [1.54, 1.807) is 5.57 Å². The molecular formula is C15H29NO. The maximum absolute atomic E-state index is 5.41. The van der Waals surface area contributed by atoms with Crippen LogP contribution in [0, 0.1) is 11.8 Å². The molecule has 1 heterocycles. The van der Waals surface area contributed by atoms with Gasteiger partial charge in [-0.25, -0.2) is 0 Å². The van der Waals surface area contributed by atoms with Crippen molar-refractivity contribution in [2.75, 3.05) is 19.8 Å². The number of nitrogens with one attached hydrogen (secondary N) is 1. The van der Waals surface area contributed by atoms with E-state index in [-0.39, 0.29) is 5.54 Å². The van der Waals surface area contributed by atoms with Gasteiger partial charge >= 0.3 is 0 Å². The van der Waals surface area contributed by atoms with Crippen LogP contribution in [-0.2, 0) is 4.74 Å². The number of hydrogen-bond acceptors (Lipinski definition) is 2. The van der Waals surface area contributed by atoms with E-state index in [2.05, 4.69) is 46.0 Å². The molecule has 0 aromatic heterocycles. The zero-order chi connectivity index (χ0) is 12.9. The summed E-state index contributed by atoms with van der Waals surface area (Å²) in [5, 5.41) is 3.59. The van der Waals surface area contributed by atoms with E-state index in [4.69, 9.17) is 4.74 Å². The lowest BCUT2D eigenvalue weighted by atomic mass is 9.92. The van der Waals surface area contributed by atoms with Gasteiger partial charge in [0.2, 0.25) is 0 Å². The van der Waals surface area contributed by atoms with E-state index in [1.165, 1.54) is 12.8 Å². The Hall–Kier alpha value is -0.340. The summed E-state index contributed by atoms with van der Waals surface area (Å²) in [5.74, 6) is 1.36. The molecule has 1 N–H and O–H groups in total. The summed E-state index contributed by atoms with van der Waals surface area (Å²) >= 11 is 0. The smallest absolute Gasteiger partial charge is 0.0471 e. The average Bonchev–Trinajstić information content (AvgIpc) is 2.24.